The Morgan fingerprint density at radius 1 is 0.236 bits per heavy atom. The lowest BCUT2D eigenvalue weighted by Gasteiger charge is -2.48. The molecular weight excluding hydrogens is 867 g/mol. The van der Waals surface area contributed by atoms with E-state index in [1.165, 1.54) is 111 Å². The maximum absolute atomic E-state index is 2.50. The van der Waals surface area contributed by atoms with Gasteiger partial charge in [-0.3, -0.25) is 0 Å². The van der Waals surface area contributed by atoms with Crippen molar-refractivity contribution in [3.63, 3.8) is 0 Å². The van der Waals surface area contributed by atoms with Crippen molar-refractivity contribution >= 4 is 17.1 Å². The van der Waals surface area contributed by atoms with Crippen molar-refractivity contribution in [3.8, 4) is 55.6 Å². The zero-order chi connectivity index (χ0) is 47.8. The van der Waals surface area contributed by atoms with E-state index < -0.39 is 10.8 Å². The Balaban J connectivity index is 0.950. The largest absolute Gasteiger partial charge is 0.310 e. The van der Waals surface area contributed by atoms with Gasteiger partial charge in [-0.2, -0.15) is 0 Å². The lowest BCUT2D eigenvalue weighted by molar-refractivity contribution is 0.633. The van der Waals surface area contributed by atoms with Crippen LogP contribution in [0.3, 0.4) is 0 Å². The highest BCUT2D eigenvalue weighted by atomic mass is 15.1. The normalized spacial score (nSPS) is 14.9. The smallest absolute Gasteiger partial charge is 0.0720 e. The first-order chi connectivity index (χ1) is 35.5. The molecule has 1 heteroatoms. The third kappa shape index (κ3) is 5.32. The molecule has 0 radical (unpaired) electrons. The predicted octanol–water partition coefficient (Wildman–Crippen LogP) is 17.8. The van der Waals surface area contributed by atoms with Gasteiger partial charge in [0.1, 0.15) is 0 Å². The van der Waals surface area contributed by atoms with Crippen molar-refractivity contribution in [3.05, 3.63) is 316 Å². The van der Waals surface area contributed by atoms with E-state index in [2.05, 4.69) is 280 Å². The standard InChI is InChI=1S/C71H49N/c1-69(2)58-30-11-6-26-52(58)56-41-40-50(45-67(56)69)72(49-24-20-23-47(43-49)46-21-4-3-5-22-46)68-38-19-10-25-51(68)48-39-42-62-57(44-48)55-29-9-14-33-61(55)71(62)65-36-17-15-34-63(65)70(64-35-16-18-37-66(64)71)59-31-12-7-27-53(59)54-28-8-13-32-60(54)70/h3-45H,1-2H3. The summed E-state index contributed by atoms with van der Waals surface area (Å²) in [6, 6.07) is 98.5. The van der Waals surface area contributed by atoms with Crippen LogP contribution in [0.5, 0.6) is 0 Å². The van der Waals surface area contributed by atoms with Crippen LogP contribution in [0.25, 0.3) is 55.6 Å². The Morgan fingerprint density at radius 2 is 0.653 bits per heavy atom. The first-order valence-electron chi connectivity index (χ1n) is 25.4. The van der Waals surface area contributed by atoms with Crippen molar-refractivity contribution in [1.29, 1.82) is 0 Å². The van der Waals surface area contributed by atoms with Crippen LogP contribution < -0.4 is 4.90 Å². The van der Waals surface area contributed by atoms with Gasteiger partial charge >= 0.3 is 0 Å². The quantitative estimate of drug-likeness (QED) is 0.166. The minimum atomic E-state index is -0.548. The van der Waals surface area contributed by atoms with Gasteiger partial charge in [-0.1, -0.05) is 238 Å². The fourth-order valence-electron chi connectivity index (χ4n) is 14.0. The van der Waals surface area contributed by atoms with Crippen molar-refractivity contribution in [2.75, 3.05) is 4.90 Å². The molecule has 2 spiro atoms. The Bertz CT molecular complexity index is 3940. The van der Waals surface area contributed by atoms with E-state index in [0.29, 0.717) is 0 Å². The lowest BCUT2D eigenvalue weighted by Crippen LogP contribution is -2.43. The van der Waals surface area contributed by atoms with Crippen LogP contribution >= 0.6 is 0 Å². The van der Waals surface area contributed by atoms with Crippen LogP contribution in [0.1, 0.15) is 69.5 Å². The molecule has 0 fully saturated rings. The van der Waals surface area contributed by atoms with Crippen molar-refractivity contribution in [1.82, 2.24) is 0 Å². The van der Waals surface area contributed by atoms with Crippen LogP contribution in [-0.2, 0) is 16.2 Å². The maximum Gasteiger partial charge on any atom is 0.0720 e. The SMILES string of the molecule is CC1(C)c2ccccc2-c2ccc(N(c3cccc(-c4ccccc4)c3)c3ccccc3-c3ccc4c(c3)-c3ccccc3C43c4ccccc4C4(c5ccccc5-c5ccccc54)c4ccccc43)cc21. The van der Waals surface area contributed by atoms with E-state index in [0.717, 1.165) is 17.1 Å². The summed E-state index contributed by atoms with van der Waals surface area (Å²) in [7, 11) is 0. The third-order valence-corrected chi connectivity index (χ3v) is 17.0. The third-order valence-electron chi connectivity index (χ3n) is 17.0. The fraction of sp³-hybridized carbons (Fsp3) is 0.0704. The molecule has 338 valence electrons. The topological polar surface area (TPSA) is 3.24 Å². The van der Waals surface area contributed by atoms with Gasteiger partial charge in [0.05, 0.1) is 16.5 Å². The van der Waals surface area contributed by atoms with Gasteiger partial charge in [-0.15, -0.1) is 0 Å². The zero-order valence-corrected chi connectivity index (χ0v) is 40.3. The molecule has 4 aliphatic rings. The molecule has 0 saturated carbocycles. The van der Waals surface area contributed by atoms with Gasteiger partial charge in [0.2, 0.25) is 0 Å². The van der Waals surface area contributed by atoms with Crippen LogP contribution in [-0.4, -0.2) is 0 Å². The molecule has 0 amide bonds. The van der Waals surface area contributed by atoms with Crippen molar-refractivity contribution in [2.45, 2.75) is 30.1 Å². The Morgan fingerprint density at radius 3 is 1.24 bits per heavy atom. The summed E-state index contributed by atoms with van der Waals surface area (Å²) in [5.74, 6) is 0. The molecule has 0 aliphatic heterocycles. The zero-order valence-electron chi connectivity index (χ0n) is 40.3. The van der Waals surface area contributed by atoms with Crippen LogP contribution in [0.2, 0.25) is 0 Å². The predicted molar refractivity (Wildman–Crippen MR) is 298 cm³/mol. The number of fused-ring (bicyclic) bond motifs is 19. The first kappa shape index (κ1) is 41.0. The summed E-state index contributed by atoms with van der Waals surface area (Å²) in [5, 5.41) is 0. The number of benzene rings is 11. The molecule has 72 heavy (non-hydrogen) atoms. The highest BCUT2D eigenvalue weighted by Crippen LogP contribution is 2.67. The molecule has 15 rings (SSSR count). The molecule has 0 saturated heterocycles. The second-order valence-corrected chi connectivity index (χ2v) is 20.7. The highest BCUT2D eigenvalue weighted by Gasteiger charge is 2.58. The van der Waals surface area contributed by atoms with Crippen molar-refractivity contribution < 1.29 is 0 Å². The summed E-state index contributed by atoms with van der Waals surface area (Å²) < 4.78 is 0. The molecule has 0 aromatic heterocycles. The molecule has 1 nitrogen and oxygen atoms in total. The number of nitrogens with zero attached hydrogens (tertiary/aromatic N) is 1. The number of hydrogen-bond donors (Lipinski definition) is 0. The van der Waals surface area contributed by atoms with E-state index in [1.54, 1.807) is 0 Å². The number of para-hydroxylation sites is 1. The number of anilines is 3. The van der Waals surface area contributed by atoms with E-state index in [9.17, 15) is 0 Å². The summed E-state index contributed by atoms with van der Waals surface area (Å²) in [6.07, 6.45) is 0. The molecule has 11 aromatic rings. The Hall–Kier alpha value is -8.78. The lowest BCUT2D eigenvalue weighted by atomic mass is 9.52. The summed E-state index contributed by atoms with van der Waals surface area (Å²) in [5.41, 5.74) is 28.3. The molecule has 0 N–H and O–H groups in total. The van der Waals surface area contributed by atoms with Gasteiger partial charge < -0.3 is 4.90 Å². The monoisotopic (exact) mass is 915 g/mol. The average molecular weight is 916 g/mol. The number of hydrogen-bond acceptors (Lipinski definition) is 1. The number of rotatable bonds is 5. The molecule has 11 aromatic carbocycles. The van der Waals surface area contributed by atoms with E-state index in [-0.39, 0.29) is 5.41 Å². The average Bonchev–Trinajstić information content (AvgIpc) is 4.01. The molecule has 0 atom stereocenters. The van der Waals surface area contributed by atoms with E-state index in [4.69, 9.17) is 0 Å². The maximum atomic E-state index is 2.50. The minimum absolute atomic E-state index is 0.150. The van der Waals surface area contributed by atoms with Crippen LogP contribution in [0, 0.1) is 0 Å². The van der Waals surface area contributed by atoms with Crippen LogP contribution in [0.15, 0.2) is 261 Å². The second kappa shape index (κ2) is 15.1. The Labute approximate surface area is 422 Å². The summed E-state index contributed by atoms with van der Waals surface area (Å²) >= 11 is 0. The van der Waals surface area contributed by atoms with Crippen molar-refractivity contribution in [2.24, 2.45) is 0 Å². The van der Waals surface area contributed by atoms with Gasteiger partial charge in [0.15, 0.2) is 0 Å². The van der Waals surface area contributed by atoms with Gasteiger partial charge in [-0.25, -0.2) is 0 Å². The molecule has 0 heterocycles. The van der Waals surface area contributed by atoms with E-state index in [1.807, 2.05) is 0 Å². The Kier molecular flexibility index (Phi) is 8.62. The molecular formula is C71H49N. The van der Waals surface area contributed by atoms with Gasteiger partial charge in [-0.05, 0) is 142 Å². The van der Waals surface area contributed by atoms with Crippen LogP contribution in [0.4, 0.5) is 17.1 Å². The highest BCUT2D eigenvalue weighted by molar-refractivity contribution is 5.97. The fourth-order valence-corrected chi connectivity index (χ4v) is 14.0. The molecule has 0 unspecified atom stereocenters. The van der Waals surface area contributed by atoms with E-state index >= 15 is 0 Å². The second-order valence-electron chi connectivity index (χ2n) is 20.7. The van der Waals surface area contributed by atoms with Gasteiger partial charge in [0.25, 0.3) is 0 Å². The first-order valence-corrected chi connectivity index (χ1v) is 25.4. The summed E-state index contributed by atoms with van der Waals surface area (Å²) in [4.78, 5) is 2.49. The van der Waals surface area contributed by atoms with Gasteiger partial charge in [0, 0.05) is 22.4 Å². The molecule has 0 bridgehead atoms. The molecule has 4 aliphatic carbocycles. The summed E-state index contributed by atoms with van der Waals surface area (Å²) in [6.45, 7) is 4.75. The minimum Gasteiger partial charge on any atom is -0.310 e.